The Morgan fingerprint density at radius 1 is 1.32 bits per heavy atom. The maximum atomic E-state index is 5.63. The zero-order valence-electron chi connectivity index (χ0n) is 11.4. The second kappa shape index (κ2) is 8.96. The summed E-state index contributed by atoms with van der Waals surface area (Å²) < 4.78 is 16.7. The summed E-state index contributed by atoms with van der Waals surface area (Å²) in [5, 5.41) is 3.28. The van der Waals surface area contributed by atoms with Crippen LogP contribution in [0, 0.1) is 0 Å². The number of halogens is 1. The van der Waals surface area contributed by atoms with E-state index in [1.165, 1.54) is 0 Å². The minimum atomic E-state index is 0.414. The lowest BCUT2D eigenvalue weighted by Crippen LogP contribution is -2.18. The summed E-state index contributed by atoms with van der Waals surface area (Å²) in [5.74, 6) is 1.43. The van der Waals surface area contributed by atoms with Gasteiger partial charge in [0.1, 0.15) is 6.61 Å². The van der Waals surface area contributed by atoms with Gasteiger partial charge in [-0.2, -0.15) is 0 Å². The zero-order valence-corrected chi connectivity index (χ0v) is 13.0. The molecule has 0 amide bonds. The van der Waals surface area contributed by atoms with Gasteiger partial charge < -0.3 is 19.5 Å². The van der Waals surface area contributed by atoms with Crippen LogP contribution in [0.4, 0.5) is 0 Å². The highest BCUT2D eigenvalue weighted by Gasteiger charge is 2.06. The number of hydrogen-bond donors (Lipinski definition) is 1. The van der Waals surface area contributed by atoms with Crippen molar-refractivity contribution in [1.29, 1.82) is 0 Å². The standard InChI is InChI=1S/C14H20BrNO3/c1-11(15)10-19-14-8-12(4-5-13(14)18-3)9-16-6-7-17-2/h4-5,8,16H,1,6-7,9-10H2,2-3H3. The lowest BCUT2D eigenvalue weighted by atomic mass is 10.2. The molecule has 0 bridgehead atoms. The minimum absolute atomic E-state index is 0.414. The molecule has 0 aromatic heterocycles. The van der Waals surface area contributed by atoms with Gasteiger partial charge in [-0.3, -0.25) is 0 Å². The summed E-state index contributed by atoms with van der Waals surface area (Å²) in [4.78, 5) is 0. The van der Waals surface area contributed by atoms with Gasteiger partial charge in [0.2, 0.25) is 0 Å². The molecule has 0 unspecified atom stereocenters. The lowest BCUT2D eigenvalue weighted by Gasteiger charge is -2.12. The van der Waals surface area contributed by atoms with Gasteiger partial charge in [-0.1, -0.05) is 28.6 Å². The van der Waals surface area contributed by atoms with Crippen molar-refractivity contribution in [2.24, 2.45) is 0 Å². The summed E-state index contributed by atoms with van der Waals surface area (Å²) >= 11 is 3.27. The Hall–Kier alpha value is -1.04. The van der Waals surface area contributed by atoms with Crippen LogP contribution >= 0.6 is 15.9 Å². The van der Waals surface area contributed by atoms with Crippen LogP contribution in [0.1, 0.15) is 5.56 Å². The van der Waals surface area contributed by atoms with Crippen molar-refractivity contribution >= 4 is 15.9 Å². The molecule has 0 saturated heterocycles. The van der Waals surface area contributed by atoms with E-state index < -0.39 is 0 Å². The highest BCUT2D eigenvalue weighted by Crippen LogP contribution is 2.28. The predicted molar refractivity (Wildman–Crippen MR) is 80.1 cm³/mol. The van der Waals surface area contributed by atoms with Crippen molar-refractivity contribution < 1.29 is 14.2 Å². The first-order valence-corrected chi connectivity index (χ1v) is 6.79. The predicted octanol–water partition coefficient (Wildman–Crippen LogP) is 2.72. The van der Waals surface area contributed by atoms with Crippen LogP contribution in [0.25, 0.3) is 0 Å². The van der Waals surface area contributed by atoms with Crippen LogP contribution in [0.15, 0.2) is 29.3 Å². The van der Waals surface area contributed by atoms with Crippen molar-refractivity contribution in [3.05, 3.63) is 34.8 Å². The topological polar surface area (TPSA) is 39.7 Å². The molecular weight excluding hydrogens is 310 g/mol. The van der Waals surface area contributed by atoms with Crippen molar-refractivity contribution in [2.75, 3.05) is 34.0 Å². The summed E-state index contributed by atoms with van der Waals surface area (Å²) in [6.07, 6.45) is 0. The van der Waals surface area contributed by atoms with Crippen LogP contribution in [-0.4, -0.2) is 34.0 Å². The van der Waals surface area contributed by atoms with Gasteiger partial charge >= 0.3 is 0 Å². The van der Waals surface area contributed by atoms with Gasteiger partial charge in [0.25, 0.3) is 0 Å². The van der Waals surface area contributed by atoms with Crippen LogP contribution in [0.2, 0.25) is 0 Å². The molecule has 1 N–H and O–H groups in total. The third kappa shape index (κ3) is 6.09. The molecule has 0 heterocycles. The van der Waals surface area contributed by atoms with Gasteiger partial charge in [0.05, 0.1) is 13.7 Å². The van der Waals surface area contributed by atoms with E-state index in [-0.39, 0.29) is 0 Å². The second-order valence-electron chi connectivity index (χ2n) is 3.96. The molecule has 4 nitrogen and oxygen atoms in total. The Kier molecular flexibility index (Phi) is 7.55. The molecule has 1 aromatic rings. The fourth-order valence-electron chi connectivity index (χ4n) is 1.51. The largest absolute Gasteiger partial charge is 0.493 e. The second-order valence-corrected chi connectivity index (χ2v) is 5.08. The van der Waals surface area contributed by atoms with Crippen molar-refractivity contribution in [3.63, 3.8) is 0 Å². The molecule has 106 valence electrons. The number of benzene rings is 1. The fraction of sp³-hybridized carbons (Fsp3) is 0.429. The van der Waals surface area contributed by atoms with Crippen LogP contribution in [0.5, 0.6) is 11.5 Å². The molecule has 1 rings (SSSR count). The summed E-state index contributed by atoms with van der Waals surface area (Å²) in [6, 6.07) is 5.88. The first-order valence-electron chi connectivity index (χ1n) is 6.00. The number of hydrogen-bond acceptors (Lipinski definition) is 4. The highest BCUT2D eigenvalue weighted by atomic mass is 79.9. The SMILES string of the molecule is C=C(Br)COc1cc(CNCCOC)ccc1OC. The Labute approximate surface area is 122 Å². The molecule has 0 radical (unpaired) electrons. The normalized spacial score (nSPS) is 10.3. The molecule has 5 heteroatoms. The first kappa shape index (κ1) is 16.0. The van der Waals surface area contributed by atoms with Gasteiger partial charge in [0, 0.05) is 24.7 Å². The monoisotopic (exact) mass is 329 g/mol. The molecule has 0 fully saturated rings. The molecule has 1 aromatic carbocycles. The zero-order chi connectivity index (χ0) is 14.1. The Morgan fingerprint density at radius 3 is 2.74 bits per heavy atom. The van der Waals surface area contributed by atoms with E-state index in [0.717, 1.165) is 28.9 Å². The minimum Gasteiger partial charge on any atom is -0.493 e. The fourth-order valence-corrected chi connectivity index (χ4v) is 1.62. The van der Waals surface area contributed by atoms with E-state index in [0.29, 0.717) is 19.0 Å². The molecule has 19 heavy (non-hydrogen) atoms. The molecular formula is C14H20BrNO3. The van der Waals surface area contributed by atoms with Crippen molar-refractivity contribution in [3.8, 4) is 11.5 Å². The van der Waals surface area contributed by atoms with E-state index in [1.54, 1.807) is 14.2 Å². The molecule has 0 atom stereocenters. The van der Waals surface area contributed by atoms with Gasteiger partial charge in [-0.15, -0.1) is 0 Å². The Morgan fingerprint density at radius 2 is 2.11 bits per heavy atom. The van der Waals surface area contributed by atoms with Crippen LogP contribution < -0.4 is 14.8 Å². The Balaban J connectivity index is 2.63. The van der Waals surface area contributed by atoms with Gasteiger partial charge in [-0.05, 0) is 17.7 Å². The summed E-state index contributed by atoms with van der Waals surface area (Å²) in [7, 11) is 3.32. The number of methoxy groups -OCH3 is 2. The third-order valence-electron chi connectivity index (χ3n) is 2.42. The maximum absolute atomic E-state index is 5.63. The number of nitrogens with one attached hydrogen (secondary N) is 1. The van der Waals surface area contributed by atoms with E-state index in [2.05, 4.69) is 27.8 Å². The number of rotatable bonds is 9. The quantitative estimate of drug-likeness (QED) is 0.707. The van der Waals surface area contributed by atoms with Crippen LogP contribution in [0.3, 0.4) is 0 Å². The van der Waals surface area contributed by atoms with E-state index >= 15 is 0 Å². The average molecular weight is 330 g/mol. The highest BCUT2D eigenvalue weighted by molar-refractivity contribution is 9.11. The van der Waals surface area contributed by atoms with Gasteiger partial charge in [0.15, 0.2) is 11.5 Å². The Bertz CT molecular complexity index is 410. The molecule has 0 saturated carbocycles. The molecule has 0 spiro atoms. The van der Waals surface area contributed by atoms with Crippen molar-refractivity contribution in [2.45, 2.75) is 6.54 Å². The average Bonchev–Trinajstić information content (AvgIpc) is 2.41. The lowest BCUT2D eigenvalue weighted by molar-refractivity contribution is 0.199. The summed E-state index contributed by atoms with van der Waals surface area (Å²) in [5.41, 5.74) is 1.13. The van der Waals surface area contributed by atoms with E-state index in [4.69, 9.17) is 14.2 Å². The van der Waals surface area contributed by atoms with E-state index in [1.807, 2.05) is 18.2 Å². The van der Waals surface area contributed by atoms with Crippen LogP contribution in [-0.2, 0) is 11.3 Å². The molecule has 0 aliphatic heterocycles. The van der Waals surface area contributed by atoms with Crippen molar-refractivity contribution in [1.82, 2.24) is 5.32 Å². The maximum Gasteiger partial charge on any atom is 0.162 e. The third-order valence-corrected chi connectivity index (χ3v) is 2.65. The molecule has 0 aliphatic rings. The number of ether oxygens (including phenoxy) is 3. The van der Waals surface area contributed by atoms with Gasteiger partial charge in [-0.25, -0.2) is 0 Å². The summed E-state index contributed by atoms with van der Waals surface area (Å²) in [6.45, 7) is 6.43. The first-order chi connectivity index (χ1) is 9.17. The van der Waals surface area contributed by atoms with E-state index in [9.17, 15) is 0 Å². The molecule has 0 aliphatic carbocycles. The smallest absolute Gasteiger partial charge is 0.162 e.